The standard InChI is InChI=1S/C10H19NO2/c1-2-3-9(10(12)13)11-7-6-8-4-5-8/h8-9,11H,2-7H2,1H3,(H,12,13). The van der Waals surface area contributed by atoms with Crippen molar-refractivity contribution in [1.29, 1.82) is 0 Å². The lowest BCUT2D eigenvalue weighted by atomic mass is 10.1. The largest absolute Gasteiger partial charge is 0.480 e. The second-order valence-electron chi connectivity index (χ2n) is 3.87. The highest BCUT2D eigenvalue weighted by Gasteiger charge is 2.22. The van der Waals surface area contributed by atoms with Crippen LogP contribution < -0.4 is 5.32 Å². The van der Waals surface area contributed by atoms with Crippen LogP contribution in [0.15, 0.2) is 0 Å². The van der Waals surface area contributed by atoms with Crippen LogP contribution in [0.1, 0.15) is 39.0 Å². The summed E-state index contributed by atoms with van der Waals surface area (Å²) >= 11 is 0. The van der Waals surface area contributed by atoms with Crippen LogP contribution in [-0.4, -0.2) is 23.7 Å². The Labute approximate surface area is 79.5 Å². The van der Waals surface area contributed by atoms with Gasteiger partial charge >= 0.3 is 5.97 Å². The van der Waals surface area contributed by atoms with E-state index in [0.29, 0.717) is 0 Å². The van der Waals surface area contributed by atoms with Gasteiger partial charge in [-0.1, -0.05) is 26.2 Å². The quantitative estimate of drug-likeness (QED) is 0.633. The predicted octanol–water partition coefficient (Wildman–Crippen LogP) is 1.63. The van der Waals surface area contributed by atoms with Gasteiger partial charge in [0.25, 0.3) is 0 Å². The van der Waals surface area contributed by atoms with Gasteiger partial charge in [0.1, 0.15) is 6.04 Å². The zero-order chi connectivity index (χ0) is 9.68. The first-order chi connectivity index (χ1) is 6.24. The summed E-state index contributed by atoms with van der Waals surface area (Å²) in [6.07, 6.45) is 5.49. The van der Waals surface area contributed by atoms with Gasteiger partial charge in [0, 0.05) is 0 Å². The smallest absolute Gasteiger partial charge is 0.320 e. The molecule has 76 valence electrons. The van der Waals surface area contributed by atoms with Crippen molar-refractivity contribution < 1.29 is 9.90 Å². The fourth-order valence-electron chi connectivity index (χ4n) is 1.47. The van der Waals surface area contributed by atoms with E-state index in [1.54, 1.807) is 0 Å². The van der Waals surface area contributed by atoms with Crippen LogP contribution in [0.4, 0.5) is 0 Å². The Morgan fingerprint density at radius 3 is 2.77 bits per heavy atom. The fraction of sp³-hybridized carbons (Fsp3) is 0.900. The summed E-state index contributed by atoms with van der Waals surface area (Å²) in [6, 6.07) is -0.330. The highest BCUT2D eigenvalue weighted by atomic mass is 16.4. The van der Waals surface area contributed by atoms with Crippen LogP contribution in [0.3, 0.4) is 0 Å². The highest BCUT2D eigenvalue weighted by Crippen LogP contribution is 2.31. The Morgan fingerprint density at radius 2 is 2.31 bits per heavy atom. The molecule has 3 heteroatoms. The van der Waals surface area contributed by atoms with Crippen molar-refractivity contribution in [2.24, 2.45) is 5.92 Å². The number of nitrogens with one attached hydrogen (secondary N) is 1. The molecule has 0 saturated heterocycles. The molecular formula is C10H19NO2. The monoisotopic (exact) mass is 185 g/mol. The molecule has 1 fully saturated rings. The van der Waals surface area contributed by atoms with Crippen LogP contribution >= 0.6 is 0 Å². The molecule has 0 aliphatic heterocycles. The summed E-state index contributed by atoms with van der Waals surface area (Å²) in [7, 11) is 0. The molecule has 0 aromatic carbocycles. The first kappa shape index (κ1) is 10.5. The first-order valence-corrected chi connectivity index (χ1v) is 5.20. The number of hydrogen-bond donors (Lipinski definition) is 2. The molecule has 3 nitrogen and oxygen atoms in total. The predicted molar refractivity (Wildman–Crippen MR) is 51.7 cm³/mol. The molecule has 0 amide bonds. The Bertz CT molecular complexity index is 166. The number of carboxylic acids is 1. The molecule has 1 atom stereocenters. The maximum atomic E-state index is 10.7. The van der Waals surface area contributed by atoms with Crippen molar-refractivity contribution in [1.82, 2.24) is 5.32 Å². The molecule has 0 aromatic rings. The van der Waals surface area contributed by atoms with Gasteiger partial charge in [-0.25, -0.2) is 0 Å². The molecule has 2 N–H and O–H groups in total. The van der Waals surface area contributed by atoms with Crippen LogP contribution in [0.2, 0.25) is 0 Å². The molecule has 0 radical (unpaired) electrons. The summed E-state index contributed by atoms with van der Waals surface area (Å²) in [5.41, 5.74) is 0. The van der Waals surface area contributed by atoms with Crippen molar-refractivity contribution in [3.8, 4) is 0 Å². The summed E-state index contributed by atoms with van der Waals surface area (Å²) in [6.45, 7) is 2.88. The van der Waals surface area contributed by atoms with Crippen LogP contribution in [0, 0.1) is 5.92 Å². The topological polar surface area (TPSA) is 49.3 Å². The average Bonchev–Trinajstić information content (AvgIpc) is 2.86. The number of carboxylic acid groups (broad SMARTS) is 1. The maximum Gasteiger partial charge on any atom is 0.320 e. The van der Waals surface area contributed by atoms with Gasteiger partial charge in [-0.2, -0.15) is 0 Å². The van der Waals surface area contributed by atoms with Crippen LogP contribution in [0.5, 0.6) is 0 Å². The molecule has 0 heterocycles. The van der Waals surface area contributed by atoms with E-state index in [4.69, 9.17) is 5.11 Å². The van der Waals surface area contributed by atoms with E-state index in [0.717, 1.165) is 31.7 Å². The second-order valence-corrected chi connectivity index (χ2v) is 3.87. The number of hydrogen-bond acceptors (Lipinski definition) is 2. The Kier molecular flexibility index (Phi) is 4.22. The minimum Gasteiger partial charge on any atom is -0.480 e. The van der Waals surface area contributed by atoms with Crippen molar-refractivity contribution in [2.75, 3.05) is 6.54 Å². The normalized spacial score (nSPS) is 18.5. The summed E-state index contributed by atoms with van der Waals surface area (Å²) in [5, 5.41) is 11.9. The van der Waals surface area contributed by atoms with E-state index >= 15 is 0 Å². The zero-order valence-corrected chi connectivity index (χ0v) is 8.25. The van der Waals surface area contributed by atoms with Gasteiger partial charge in [0.15, 0.2) is 0 Å². The lowest BCUT2D eigenvalue weighted by molar-refractivity contribution is -0.139. The van der Waals surface area contributed by atoms with E-state index in [1.807, 2.05) is 6.92 Å². The molecule has 0 aromatic heterocycles. The Balaban J connectivity index is 2.08. The van der Waals surface area contributed by atoms with Crippen LogP contribution in [0.25, 0.3) is 0 Å². The molecule has 0 bridgehead atoms. The molecule has 0 spiro atoms. The number of rotatable bonds is 7. The van der Waals surface area contributed by atoms with E-state index in [2.05, 4.69) is 5.32 Å². The fourth-order valence-corrected chi connectivity index (χ4v) is 1.47. The van der Waals surface area contributed by atoms with Crippen molar-refractivity contribution in [2.45, 2.75) is 45.1 Å². The van der Waals surface area contributed by atoms with Crippen LogP contribution in [-0.2, 0) is 4.79 Å². The summed E-state index contributed by atoms with van der Waals surface area (Å²) < 4.78 is 0. The minimum atomic E-state index is -0.711. The zero-order valence-electron chi connectivity index (χ0n) is 8.25. The highest BCUT2D eigenvalue weighted by molar-refractivity contribution is 5.73. The number of carbonyl (C=O) groups is 1. The maximum absolute atomic E-state index is 10.7. The van der Waals surface area contributed by atoms with Gasteiger partial charge in [-0.15, -0.1) is 0 Å². The summed E-state index contributed by atoms with van der Waals surface area (Å²) in [5.74, 6) is 0.168. The van der Waals surface area contributed by atoms with Gasteiger partial charge < -0.3 is 10.4 Å². The molecule has 13 heavy (non-hydrogen) atoms. The van der Waals surface area contributed by atoms with Crippen molar-refractivity contribution >= 4 is 5.97 Å². The second kappa shape index (κ2) is 5.22. The third-order valence-electron chi connectivity index (χ3n) is 2.52. The van der Waals surface area contributed by atoms with Gasteiger partial charge in [-0.3, -0.25) is 4.79 Å². The molecular weight excluding hydrogens is 166 g/mol. The molecule has 1 aliphatic rings. The number of aliphatic carboxylic acids is 1. The molecule has 1 unspecified atom stereocenters. The van der Waals surface area contributed by atoms with Gasteiger partial charge in [-0.05, 0) is 25.3 Å². The van der Waals surface area contributed by atoms with Gasteiger partial charge in [0.05, 0.1) is 0 Å². The third-order valence-corrected chi connectivity index (χ3v) is 2.52. The van der Waals surface area contributed by atoms with Crippen molar-refractivity contribution in [3.63, 3.8) is 0 Å². The Morgan fingerprint density at radius 1 is 1.62 bits per heavy atom. The summed E-state index contributed by atoms with van der Waals surface area (Å²) in [4.78, 5) is 10.7. The SMILES string of the molecule is CCCC(NCCC1CC1)C(=O)O. The van der Waals surface area contributed by atoms with Gasteiger partial charge in [0.2, 0.25) is 0 Å². The molecule has 1 rings (SSSR count). The third kappa shape index (κ3) is 4.27. The first-order valence-electron chi connectivity index (χ1n) is 5.20. The molecule has 1 saturated carbocycles. The lowest BCUT2D eigenvalue weighted by Crippen LogP contribution is -2.37. The van der Waals surface area contributed by atoms with E-state index < -0.39 is 5.97 Å². The lowest BCUT2D eigenvalue weighted by Gasteiger charge is -2.12. The Hall–Kier alpha value is -0.570. The van der Waals surface area contributed by atoms with E-state index in [9.17, 15) is 4.79 Å². The van der Waals surface area contributed by atoms with Crippen molar-refractivity contribution in [3.05, 3.63) is 0 Å². The molecule has 1 aliphatic carbocycles. The minimum absolute atomic E-state index is 0.330. The van der Waals surface area contributed by atoms with E-state index in [-0.39, 0.29) is 6.04 Å². The average molecular weight is 185 g/mol. The van der Waals surface area contributed by atoms with E-state index in [1.165, 1.54) is 12.8 Å².